The van der Waals surface area contributed by atoms with E-state index in [1.54, 1.807) is 31.2 Å². The van der Waals surface area contributed by atoms with Crippen LogP contribution in [0.4, 0.5) is 10.1 Å². The number of benzene rings is 3. The van der Waals surface area contributed by atoms with E-state index in [1.807, 2.05) is 0 Å². The minimum atomic E-state index is -4.25. The molecule has 0 aliphatic carbocycles. The monoisotopic (exact) mass is 477 g/mol. The summed E-state index contributed by atoms with van der Waals surface area (Å²) in [6, 6.07) is 14.4. The highest BCUT2D eigenvalue weighted by atomic mass is 35.5. The highest BCUT2D eigenvalue weighted by Crippen LogP contribution is 2.28. The largest absolute Gasteiger partial charge is 0.277 e. The van der Waals surface area contributed by atoms with E-state index in [1.165, 1.54) is 28.8 Å². The Bertz CT molecular complexity index is 1500. The van der Waals surface area contributed by atoms with Crippen molar-refractivity contribution < 1.29 is 12.8 Å². The summed E-state index contributed by atoms with van der Waals surface area (Å²) in [6.45, 7) is 1.63. The number of aryl methyl sites for hydroxylation is 1. The van der Waals surface area contributed by atoms with Gasteiger partial charge in [-0.05, 0) is 55.5 Å². The normalized spacial score (nSPS) is 11.6. The quantitative estimate of drug-likeness (QED) is 0.451. The average Bonchev–Trinajstić information content (AvgIpc) is 2.72. The van der Waals surface area contributed by atoms with Crippen molar-refractivity contribution in [3.05, 3.63) is 92.7 Å². The van der Waals surface area contributed by atoms with Gasteiger partial charge in [0, 0.05) is 5.02 Å². The van der Waals surface area contributed by atoms with Gasteiger partial charge in [0.25, 0.3) is 15.6 Å². The number of halogens is 3. The van der Waals surface area contributed by atoms with Crippen molar-refractivity contribution in [2.45, 2.75) is 11.8 Å². The Morgan fingerprint density at radius 2 is 1.77 bits per heavy atom. The molecule has 0 atom stereocenters. The fourth-order valence-corrected chi connectivity index (χ4v) is 4.98. The number of aromatic nitrogens is 2. The van der Waals surface area contributed by atoms with E-state index in [-0.39, 0.29) is 31.9 Å². The SMILES string of the molecule is Cc1nc2ccccc2c(=O)n1-c1ccc(F)c(NS(=O)(=O)c2cc(Cl)ccc2Cl)c1. The summed E-state index contributed by atoms with van der Waals surface area (Å²) in [6.07, 6.45) is 0. The third-order valence-electron chi connectivity index (χ3n) is 4.58. The van der Waals surface area contributed by atoms with Crippen LogP contribution >= 0.6 is 23.2 Å². The van der Waals surface area contributed by atoms with E-state index in [0.717, 1.165) is 12.1 Å². The van der Waals surface area contributed by atoms with Gasteiger partial charge in [-0.25, -0.2) is 17.8 Å². The number of nitrogens with one attached hydrogen (secondary N) is 1. The first-order valence-corrected chi connectivity index (χ1v) is 11.2. The average molecular weight is 478 g/mol. The maximum absolute atomic E-state index is 14.5. The number of anilines is 1. The van der Waals surface area contributed by atoms with Crippen molar-refractivity contribution in [2.24, 2.45) is 0 Å². The minimum absolute atomic E-state index is 0.0701. The van der Waals surface area contributed by atoms with Crippen LogP contribution in [0.1, 0.15) is 5.82 Å². The summed E-state index contributed by atoms with van der Waals surface area (Å²) >= 11 is 11.9. The van der Waals surface area contributed by atoms with E-state index in [4.69, 9.17) is 23.2 Å². The van der Waals surface area contributed by atoms with Gasteiger partial charge in [-0.15, -0.1) is 0 Å². The summed E-state index contributed by atoms with van der Waals surface area (Å²) in [4.78, 5) is 17.1. The van der Waals surface area contributed by atoms with Gasteiger partial charge in [0.2, 0.25) is 0 Å². The topological polar surface area (TPSA) is 81.1 Å². The number of nitrogens with zero attached hydrogens (tertiary/aromatic N) is 2. The molecule has 0 saturated carbocycles. The highest BCUT2D eigenvalue weighted by Gasteiger charge is 2.21. The van der Waals surface area contributed by atoms with Crippen molar-refractivity contribution in [3.8, 4) is 5.69 Å². The summed E-state index contributed by atoms with van der Waals surface area (Å²) in [7, 11) is -4.25. The molecule has 0 amide bonds. The van der Waals surface area contributed by atoms with Crippen LogP contribution in [0.15, 0.2) is 70.4 Å². The van der Waals surface area contributed by atoms with Gasteiger partial charge in [0.05, 0.1) is 27.3 Å². The molecule has 0 fully saturated rings. The molecule has 3 aromatic carbocycles. The van der Waals surface area contributed by atoms with Crippen LogP contribution in [0.25, 0.3) is 16.6 Å². The molecule has 1 heterocycles. The fourth-order valence-electron chi connectivity index (χ4n) is 3.16. The highest BCUT2D eigenvalue weighted by molar-refractivity contribution is 7.92. The molecule has 0 aliphatic heterocycles. The maximum atomic E-state index is 14.5. The molecule has 4 aromatic rings. The third kappa shape index (κ3) is 4.01. The van der Waals surface area contributed by atoms with Crippen LogP contribution in [0.5, 0.6) is 0 Å². The van der Waals surface area contributed by atoms with Crippen molar-refractivity contribution in [3.63, 3.8) is 0 Å². The Kier molecular flexibility index (Phi) is 5.47. The first-order valence-electron chi connectivity index (χ1n) is 8.93. The number of para-hydroxylation sites is 1. The molecular weight excluding hydrogens is 464 g/mol. The Labute approximate surface area is 186 Å². The predicted octanol–water partition coefficient (Wildman–Crippen LogP) is 4.94. The first kappa shape index (κ1) is 21.3. The molecule has 10 heteroatoms. The van der Waals surface area contributed by atoms with Gasteiger partial charge in [-0.3, -0.25) is 14.1 Å². The fraction of sp³-hybridized carbons (Fsp3) is 0.0476. The summed E-state index contributed by atoms with van der Waals surface area (Å²) < 4.78 is 43.5. The zero-order chi connectivity index (χ0) is 22.3. The maximum Gasteiger partial charge on any atom is 0.265 e. The Balaban J connectivity index is 1.83. The van der Waals surface area contributed by atoms with Gasteiger partial charge in [0.15, 0.2) is 0 Å². The van der Waals surface area contributed by atoms with Crippen molar-refractivity contribution >= 4 is 49.8 Å². The summed E-state index contributed by atoms with van der Waals surface area (Å²) in [5, 5.41) is 0.466. The number of hydrogen-bond acceptors (Lipinski definition) is 4. The smallest absolute Gasteiger partial charge is 0.265 e. The molecule has 0 spiro atoms. The van der Waals surface area contributed by atoms with Crippen LogP contribution in [-0.4, -0.2) is 18.0 Å². The van der Waals surface area contributed by atoms with Crippen LogP contribution in [0.2, 0.25) is 10.0 Å². The van der Waals surface area contributed by atoms with E-state index >= 15 is 0 Å². The molecular formula is C21H14Cl2FN3O3S. The molecule has 158 valence electrons. The van der Waals surface area contributed by atoms with Gasteiger partial charge in [-0.1, -0.05) is 35.3 Å². The van der Waals surface area contributed by atoms with E-state index < -0.39 is 15.8 Å². The number of sulfonamides is 1. The number of fused-ring (bicyclic) bond motifs is 1. The predicted molar refractivity (Wildman–Crippen MR) is 119 cm³/mol. The molecule has 6 nitrogen and oxygen atoms in total. The molecule has 0 saturated heterocycles. The molecule has 1 N–H and O–H groups in total. The Morgan fingerprint density at radius 1 is 1.03 bits per heavy atom. The molecule has 0 unspecified atom stereocenters. The van der Waals surface area contributed by atoms with Crippen molar-refractivity contribution in [1.29, 1.82) is 0 Å². The van der Waals surface area contributed by atoms with Gasteiger partial charge >= 0.3 is 0 Å². The first-order chi connectivity index (χ1) is 14.7. The second-order valence-electron chi connectivity index (χ2n) is 6.66. The minimum Gasteiger partial charge on any atom is -0.277 e. The zero-order valence-electron chi connectivity index (χ0n) is 15.9. The zero-order valence-corrected chi connectivity index (χ0v) is 18.3. The van der Waals surface area contributed by atoms with Gasteiger partial charge < -0.3 is 0 Å². The lowest BCUT2D eigenvalue weighted by Gasteiger charge is -2.14. The lowest BCUT2D eigenvalue weighted by atomic mass is 10.2. The van der Waals surface area contributed by atoms with Crippen LogP contribution < -0.4 is 10.3 Å². The van der Waals surface area contributed by atoms with E-state index in [2.05, 4.69) is 9.71 Å². The third-order valence-corrected chi connectivity index (χ3v) is 6.66. The Hall–Kier alpha value is -2.94. The molecule has 1 aromatic heterocycles. The molecule has 4 rings (SSSR count). The van der Waals surface area contributed by atoms with Crippen molar-refractivity contribution in [2.75, 3.05) is 4.72 Å². The second-order valence-corrected chi connectivity index (χ2v) is 9.16. The summed E-state index contributed by atoms with van der Waals surface area (Å²) in [5.74, 6) is -0.466. The van der Waals surface area contributed by atoms with E-state index in [0.29, 0.717) is 16.7 Å². The van der Waals surface area contributed by atoms with E-state index in [9.17, 15) is 17.6 Å². The van der Waals surface area contributed by atoms with Gasteiger partial charge in [-0.2, -0.15) is 0 Å². The molecule has 0 bridgehead atoms. The molecule has 31 heavy (non-hydrogen) atoms. The molecule has 0 radical (unpaired) electrons. The van der Waals surface area contributed by atoms with Crippen LogP contribution in [0, 0.1) is 12.7 Å². The standard InChI is InChI=1S/C21H14Cl2FN3O3S/c1-12-25-18-5-3-2-4-15(18)21(28)27(12)14-7-9-17(24)19(11-14)26-31(29,30)20-10-13(22)6-8-16(20)23/h2-11,26H,1H3. The Morgan fingerprint density at radius 3 is 2.55 bits per heavy atom. The number of hydrogen-bond donors (Lipinski definition) is 1. The second kappa shape index (κ2) is 7.96. The van der Waals surface area contributed by atoms with Crippen LogP contribution in [0.3, 0.4) is 0 Å². The lowest BCUT2D eigenvalue weighted by Crippen LogP contribution is -2.22. The van der Waals surface area contributed by atoms with Crippen LogP contribution in [-0.2, 0) is 10.0 Å². The number of rotatable bonds is 4. The summed E-state index contributed by atoms with van der Waals surface area (Å²) in [5.41, 5.74) is 0.0614. The lowest BCUT2D eigenvalue weighted by molar-refractivity contribution is 0.598. The van der Waals surface area contributed by atoms with Gasteiger partial charge in [0.1, 0.15) is 16.5 Å². The van der Waals surface area contributed by atoms with Crippen molar-refractivity contribution in [1.82, 2.24) is 9.55 Å². The molecule has 0 aliphatic rings.